The zero-order valence-electron chi connectivity index (χ0n) is 14.7. The Morgan fingerprint density at radius 2 is 1.89 bits per heavy atom. The van der Waals surface area contributed by atoms with Crippen molar-refractivity contribution in [1.82, 2.24) is 4.90 Å². The molecule has 3 aromatic rings. The van der Waals surface area contributed by atoms with E-state index in [-0.39, 0.29) is 12.3 Å². The molecule has 0 bridgehead atoms. The molecule has 0 saturated carbocycles. The number of carbonyl (C=O) groups is 3. The summed E-state index contributed by atoms with van der Waals surface area (Å²) in [5.74, 6) is -3.80. The first-order chi connectivity index (χ1) is 13.6. The van der Waals surface area contributed by atoms with E-state index in [1.165, 1.54) is 41.5 Å². The van der Waals surface area contributed by atoms with Crippen molar-refractivity contribution in [2.24, 2.45) is 5.92 Å². The Morgan fingerprint density at radius 3 is 2.54 bits per heavy atom. The van der Waals surface area contributed by atoms with Crippen molar-refractivity contribution in [3.05, 3.63) is 89.9 Å². The maximum atomic E-state index is 13.4. The zero-order valence-corrected chi connectivity index (χ0v) is 14.7. The summed E-state index contributed by atoms with van der Waals surface area (Å²) >= 11 is 0. The number of pyridine rings is 1. The summed E-state index contributed by atoms with van der Waals surface area (Å²) in [6.45, 7) is 0.131. The Balaban J connectivity index is 1.78. The fourth-order valence-corrected chi connectivity index (χ4v) is 3.49. The molecule has 0 aliphatic carbocycles. The van der Waals surface area contributed by atoms with Crippen LogP contribution in [0.15, 0.2) is 71.6 Å². The number of likely N-dealkylation sites (tertiary alicyclic amines) is 1. The SMILES string of the molecule is O=C1C(=O)N(Cc2ccc[nH+]c2)C(c2ccc(F)cc2)C1C(=O)c1ccco1. The van der Waals surface area contributed by atoms with Crippen molar-refractivity contribution in [2.45, 2.75) is 12.6 Å². The standard InChI is InChI=1S/C21H15FN2O4/c22-15-7-5-14(6-8-15)18-17(19(25)16-4-2-10-28-16)20(26)21(27)24(18)12-13-3-1-9-23-11-13/h1-11,17-18H,12H2/p+1. The third-order valence-electron chi connectivity index (χ3n) is 4.79. The second kappa shape index (κ2) is 7.19. The van der Waals surface area contributed by atoms with Gasteiger partial charge < -0.3 is 9.32 Å². The van der Waals surface area contributed by atoms with Crippen LogP contribution in [-0.2, 0) is 16.1 Å². The molecular weight excluding hydrogens is 363 g/mol. The predicted molar refractivity (Wildman–Crippen MR) is 94.2 cm³/mol. The van der Waals surface area contributed by atoms with Gasteiger partial charge in [-0.2, -0.15) is 0 Å². The summed E-state index contributed by atoms with van der Waals surface area (Å²) in [6.07, 6.45) is 4.77. The lowest BCUT2D eigenvalue weighted by atomic mass is 9.88. The van der Waals surface area contributed by atoms with Gasteiger partial charge in [0, 0.05) is 11.6 Å². The van der Waals surface area contributed by atoms with Gasteiger partial charge in [0.15, 0.2) is 18.2 Å². The van der Waals surface area contributed by atoms with Crippen molar-refractivity contribution in [2.75, 3.05) is 0 Å². The van der Waals surface area contributed by atoms with Crippen LogP contribution in [0.25, 0.3) is 0 Å². The summed E-state index contributed by atoms with van der Waals surface area (Å²) in [6, 6.07) is 11.2. The Morgan fingerprint density at radius 1 is 1.11 bits per heavy atom. The average Bonchev–Trinajstić information content (AvgIpc) is 3.33. The molecule has 1 aromatic carbocycles. The van der Waals surface area contributed by atoms with Crippen LogP contribution < -0.4 is 4.98 Å². The van der Waals surface area contributed by atoms with Crippen LogP contribution in [-0.4, -0.2) is 22.4 Å². The molecule has 1 aliphatic heterocycles. The zero-order chi connectivity index (χ0) is 19.7. The number of furan rings is 1. The van der Waals surface area contributed by atoms with Crippen molar-refractivity contribution in [3.63, 3.8) is 0 Å². The highest BCUT2D eigenvalue weighted by molar-refractivity contribution is 6.43. The van der Waals surface area contributed by atoms with Crippen molar-refractivity contribution in [1.29, 1.82) is 0 Å². The number of hydrogen-bond donors (Lipinski definition) is 0. The van der Waals surface area contributed by atoms with Gasteiger partial charge in [-0.3, -0.25) is 14.4 Å². The lowest BCUT2D eigenvalue weighted by Gasteiger charge is -2.26. The van der Waals surface area contributed by atoms with Gasteiger partial charge in [0.25, 0.3) is 5.91 Å². The van der Waals surface area contributed by atoms with E-state index in [0.29, 0.717) is 5.56 Å². The average molecular weight is 379 g/mol. The molecule has 1 fully saturated rings. The van der Waals surface area contributed by atoms with Crippen LogP contribution in [0, 0.1) is 11.7 Å². The van der Waals surface area contributed by atoms with E-state index >= 15 is 0 Å². The molecule has 4 rings (SSSR count). The molecule has 1 aliphatic rings. The number of nitrogens with one attached hydrogen (secondary N) is 1. The van der Waals surface area contributed by atoms with Crippen LogP contribution in [0.1, 0.15) is 27.7 Å². The number of H-pyrrole nitrogens is 1. The van der Waals surface area contributed by atoms with E-state index in [4.69, 9.17) is 4.42 Å². The molecule has 3 heterocycles. The number of amides is 1. The predicted octanol–water partition coefficient (Wildman–Crippen LogP) is 2.38. The number of ketones is 2. The number of halogens is 1. The van der Waals surface area contributed by atoms with Crippen LogP contribution in [0.2, 0.25) is 0 Å². The van der Waals surface area contributed by atoms with Crippen molar-refractivity contribution >= 4 is 17.5 Å². The summed E-state index contributed by atoms with van der Waals surface area (Å²) in [4.78, 5) is 42.7. The number of hydrogen-bond acceptors (Lipinski definition) is 4. The highest BCUT2D eigenvalue weighted by atomic mass is 19.1. The van der Waals surface area contributed by atoms with E-state index in [2.05, 4.69) is 4.98 Å². The third kappa shape index (κ3) is 3.11. The van der Waals surface area contributed by atoms with Gasteiger partial charge in [0.1, 0.15) is 11.7 Å². The summed E-state index contributed by atoms with van der Waals surface area (Å²) in [7, 11) is 0. The molecule has 7 heteroatoms. The van der Waals surface area contributed by atoms with Gasteiger partial charge in [-0.15, -0.1) is 0 Å². The molecule has 2 atom stereocenters. The quantitative estimate of drug-likeness (QED) is 0.387. The molecule has 1 amide bonds. The van der Waals surface area contributed by atoms with Crippen LogP contribution >= 0.6 is 0 Å². The molecule has 140 valence electrons. The maximum absolute atomic E-state index is 13.4. The Hall–Kier alpha value is -3.61. The van der Waals surface area contributed by atoms with Gasteiger partial charge in [-0.05, 0) is 35.9 Å². The van der Waals surface area contributed by atoms with E-state index in [1.807, 2.05) is 0 Å². The van der Waals surface area contributed by atoms with E-state index < -0.39 is 35.3 Å². The van der Waals surface area contributed by atoms with Gasteiger partial charge in [0.2, 0.25) is 11.6 Å². The number of aromatic amines is 1. The van der Waals surface area contributed by atoms with Gasteiger partial charge in [0.05, 0.1) is 18.8 Å². The summed E-state index contributed by atoms with van der Waals surface area (Å²) in [5.41, 5.74) is 1.27. The van der Waals surface area contributed by atoms with E-state index in [0.717, 1.165) is 5.56 Å². The number of aromatic nitrogens is 1. The Bertz CT molecular complexity index is 1020. The highest BCUT2D eigenvalue weighted by Gasteiger charge is 2.52. The lowest BCUT2D eigenvalue weighted by Crippen LogP contribution is -2.30. The fraction of sp³-hybridized carbons (Fsp3) is 0.143. The van der Waals surface area contributed by atoms with Gasteiger partial charge in [-0.1, -0.05) is 12.1 Å². The van der Waals surface area contributed by atoms with Crippen LogP contribution in [0.4, 0.5) is 4.39 Å². The third-order valence-corrected chi connectivity index (χ3v) is 4.79. The van der Waals surface area contributed by atoms with Crippen LogP contribution in [0.3, 0.4) is 0 Å². The summed E-state index contributed by atoms with van der Waals surface area (Å²) in [5, 5.41) is 0. The van der Waals surface area contributed by atoms with Gasteiger partial charge >= 0.3 is 0 Å². The smallest absolute Gasteiger partial charge is 0.291 e. The first kappa shape index (κ1) is 17.8. The Kier molecular flexibility index (Phi) is 4.57. The first-order valence-corrected chi connectivity index (χ1v) is 8.69. The van der Waals surface area contributed by atoms with Crippen molar-refractivity contribution in [3.8, 4) is 0 Å². The molecule has 0 radical (unpaired) electrons. The van der Waals surface area contributed by atoms with E-state index in [1.54, 1.807) is 30.6 Å². The minimum atomic E-state index is -1.25. The molecule has 1 N–H and O–H groups in total. The lowest BCUT2D eigenvalue weighted by molar-refractivity contribution is -0.378. The minimum Gasteiger partial charge on any atom is -0.461 e. The largest absolute Gasteiger partial charge is 0.461 e. The molecule has 2 unspecified atom stereocenters. The highest BCUT2D eigenvalue weighted by Crippen LogP contribution is 2.39. The normalized spacial score (nSPS) is 19.2. The maximum Gasteiger partial charge on any atom is 0.291 e. The monoisotopic (exact) mass is 379 g/mol. The second-order valence-electron chi connectivity index (χ2n) is 6.52. The first-order valence-electron chi connectivity index (χ1n) is 8.69. The molecule has 6 nitrogen and oxygen atoms in total. The van der Waals surface area contributed by atoms with Gasteiger partial charge in [-0.25, -0.2) is 9.37 Å². The molecular formula is C21H16FN2O4+. The van der Waals surface area contributed by atoms with E-state index in [9.17, 15) is 18.8 Å². The number of carbonyl (C=O) groups excluding carboxylic acids is 3. The molecule has 2 aromatic heterocycles. The number of nitrogens with zero attached hydrogens (tertiary/aromatic N) is 1. The topological polar surface area (TPSA) is 81.7 Å². The molecule has 1 saturated heterocycles. The Labute approximate surface area is 159 Å². The van der Waals surface area contributed by atoms with Crippen LogP contribution in [0.5, 0.6) is 0 Å². The number of Topliss-reactive ketones (excluding diaryl/α,β-unsaturated/α-hetero) is 2. The number of benzene rings is 1. The summed E-state index contributed by atoms with van der Waals surface area (Å²) < 4.78 is 18.6. The fourth-order valence-electron chi connectivity index (χ4n) is 3.49. The number of rotatable bonds is 5. The van der Waals surface area contributed by atoms with Crippen molar-refractivity contribution < 1.29 is 28.2 Å². The second-order valence-corrected chi connectivity index (χ2v) is 6.52. The molecule has 0 spiro atoms. The minimum absolute atomic E-state index is 0.00755. The molecule has 28 heavy (non-hydrogen) atoms.